The van der Waals surface area contributed by atoms with Crippen molar-refractivity contribution >= 4 is 15.7 Å². The number of rotatable bonds is 8. The van der Waals surface area contributed by atoms with Crippen molar-refractivity contribution in [1.29, 1.82) is 0 Å². The van der Waals surface area contributed by atoms with Gasteiger partial charge >= 0.3 is 0 Å². The number of hydrogen-bond acceptors (Lipinski definition) is 5. The van der Waals surface area contributed by atoms with E-state index >= 15 is 0 Å². The van der Waals surface area contributed by atoms with Crippen molar-refractivity contribution in [3.63, 3.8) is 0 Å². The average molecular weight is 419 g/mol. The number of methoxy groups -OCH3 is 1. The molecule has 0 saturated heterocycles. The molecule has 0 radical (unpaired) electrons. The molecular formula is C22H30N2O4S. The van der Waals surface area contributed by atoms with Crippen LogP contribution in [0.3, 0.4) is 0 Å². The molecule has 1 N–H and O–H groups in total. The summed E-state index contributed by atoms with van der Waals surface area (Å²) in [5.41, 5.74) is 2.46. The predicted molar refractivity (Wildman–Crippen MR) is 116 cm³/mol. The minimum absolute atomic E-state index is 0.207. The van der Waals surface area contributed by atoms with Crippen molar-refractivity contribution in [3.8, 4) is 11.5 Å². The normalized spacial score (nSPS) is 16.2. The van der Waals surface area contributed by atoms with Gasteiger partial charge in [-0.25, -0.2) is 8.42 Å². The molecule has 0 unspecified atom stereocenters. The maximum Gasteiger partial charge on any atom is 0.262 e. The molecule has 0 spiro atoms. The van der Waals surface area contributed by atoms with Gasteiger partial charge in [-0.15, -0.1) is 0 Å². The zero-order chi connectivity index (χ0) is 21.0. The lowest BCUT2D eigenvalue weighted by atomic mass is 10.00. The van der Waals surface area contributed by atoms with Crippen LogP contribution in [-0.4, -0.2) is 47.2 Å². The van der Waals surface area contributed by atoms with E-state index in [1.807, 2.05) is 26.2 Å². The summed E-state index contributed by atoms with van der Waals surface area (Å²) in [6.45, 7) is 2.63. The summed E-state index contributed by atoms with van der Waals surface area (Å²) in [5.74, 6) is 1.25. The second-order valence-electron chi connectivity index (χ2n) is 7.61. The van der Waals surface area contributed by atoms with E-state index < -0.39 is 10.0 Å². The number of unbranched alkanes of at least 4 members (excludes halogenated alkanes) is 1. The highest BCUT2D eigenvalue weighted by Gasteiger charge is 2.28. The molecule has 158 valence electrons. The Hall–Kier alpha value is -2.25. The number of benzene rings is 2. The fourth-order valence-corrected chi connectivity index (χ4v) is 4.53. The van der Waals surface area contributed by atoms with Crippen LogP contribution in [0.1, 0.15) is 30.9 Å². The number of likely N-dealkylation sites (N-methyl/N-ethyl adjacent to an activating group) is 1. The van der Waals surface area contributed by atoms with Crippen molar-refractivity contribution in [2.24, 2.45) is 0 Å². The Morgan fingerprint density at radius 2 is 1.90 bits per heavy atom. The van der Waals surface area contributed by atoms with E-state index in [1.165, 1.54) is 0 Å². The van der Waals surface area contributed by atoms with E-state index in [4.69, 9.17) is 9.47 Å². The number of ether oxygens (including phenoxy) is 2. The highest BCUT2D eigenvalue weighted by Crippen LogP contribution is 2.40. The minimum atomic E-state index is -3.71. The molecule has 3 rings (SSSR count). The standard InChI is InChI=1S/C22H30N2O4S/c1-5-6-7-16-8-10-18(11-9-16)29(25,26)23-20-12-13-21(27-4)19-14-17(24(2)3)15-28-22(19)20/h8-13,17,23H,5-7,14-15H2,1-4H3/t17-/m1/s1. The molecule has 0 bridgehead atoms. The van der Waals surface area contributed by atoms with E-state index in [9.17, 15) is 8.42 Å². The Morgan fingerprint density at radius 3 is 2.52 bits per heavy atom. The van der Waals surface area contributed by atoms with Gasteiger partial charge in [0.05, 0.1) is 17.7 Å². The molecule has 29 heavy (non-hydrogen) atoms. The van der Waals surface area contributed by atoms with E-state index in [1.54, 1.807) is 31.4 Å². The van der Waals surface area contributed by atoms with E-state index in [-0.39, 0.29) is 10.9 Å². The van der Waals surface area contributed by atoms with Crippen LogP contribution in [0.25, 0.3) is 0 Å². The summed E-state index contributed by atoms with van der Waals surface area (Å²) in [6, 6.07) is 10.8. The molecule has 1 aliphatic rings. The van der Waals surface area contributed by atoms with Crippen molar-refractivity contribution in [1.82, 2.24) is 4.90 Å². The van der Waals surface area contributed by atoms with Gasteiger partial charge in [0.1, 0.15) is 18.1 Å². The number of hydrogen-bond donors (Lipinski definition) is 1. The lowest BCUT2D eigenvalue weighted by molar-refractivity contribution is 0.164. The summed E-state index contributed by atoms with van der Waals surface area (Å²) in [5, 5.41) is 0. The molecule has 6 nitrogen and oxygen atoms in total. The third-order valence-electron chi connectivity index (χ3n) is 5.32. The van der Waals surface area contributed by atoms with E-state index in [2.05, 4.69) is 16.5 Å². The molecule has 0 aromatic heterocycles. The van der Waals surface area contributed by atoms with Crippen molar-refractivity contribution in [2.75, 3.05) is 32.5 Å². The van der Waals surface area contributed by atoms with E-state index in [0.717, 1.165) is 36.8 Å². The summed E-state index contributed by atoms with van der Waals surface area (Å²) < 4.78 is 40.0. The first kappa shape index (κ1) is 21.5. The van der Waals surface area contributed by atoms with Crippen molar-refractivity contribution in [3.05, 3.63) is 47.5 Å². The Morgan fingerprint density at radius 1 is 1.17 bits per heavy atom. The molecule has 0 amide bonds. The zero-order valence-electron chi connectivity index (χ0n) is 17.6. The van der Waals surface area contributed by atoms with Crippen molar-refractivity contribution in [2.45, 2.75) is 43.5 Å². The topological polar surface area (TPSA) is 67.9 Å². The van der Waals surface area contributed by atoms with Gasteiger partial charge in [0.2, 0.25) is 0 Å². The molecule has 2 aromatic rings. The van der Waals surface area contributed by atoms with Crippen LogP contribution in [0.2, 0.25) is 0 Å². The van der Waals surface area contributed by atoms with Crippen LogP contribution in [0, 0.1) is 0 Å². The summed E-state index contributed by atoms with van der Waals surface area (Å²) in [7, 11) is 1.90. The monoisotopic (exact) mass is 418 g/mol. The highest BCUT2D eigenvalue weighted by atomic mass is 32.2. The van der Waals surface area contributed by atoms with Crippen LogP contribution in [0.4, 0.5) is 5.69 Å². The van der Waals surface area contributed by atoms with E-state index in [0.29, 0.717) is 23.8 Å². The lowest BCUT2D eigenvalue weighted by Gasteiger charge is -2.32. The first-order chi connectivity index (χ1) is 13.9. The number of aryl methyl sites for hydroxylation is 1. The van der Waals surface area contributed by atoms with Crippen LogP contribution in [0.5, 0.6) is 11.5 Å². The predicted octanol–water partition coefficient (Wildman–Crippen LogP) is 3.70. The highest BCUT2D eigenvalue weighted by molar-refractivity contribution is 7.92. The number of fused-ring (bicyclic) bond motifs is 1. The minimum Gasteiger partial charge on any atom is -0.496 e. The van der Waals surface area contributed by atoms with Gasteiger partial charge in [0.25, 0.3) is 10.0 Å². The van der Waals surface area contributed by atoms with Gasteiger partial charge in [-0.3, -0.25) is 4.72 Å². The number of anilines is 1. The second kappa shape index (κ2) is 9.05. The molecule has 2 aromatic carbocycles. The third-order valence-corrected chi connectivity index (χ3v) is 6.71. The quantitative estimate of drug-likeness (QED) is 0.708. The molecule has 0 fully saturated rings. The maximum absolute atomic E-state index is 12.9. The van der Waals surface area contributed by atoms with Crippen LogP contribution in [-0.2, 0) is 22.9 Å². The van der Waals surface area contributed by atoms with Crippen LogP contribution < -0.4 is 14.2 Å². The number of sulfonamides is 1. The molecule has 1 atom stereocenters. The molecule has 0 aliphatic carbocycles. The fraction of sp³-hybridized carbons (Fsp3) is 0.455. The summed E-state index contributed by atoms with van der Waals surface area (Å²) in [4.78, 5) is 2.34. The fourth-order valence-electron chi connectivity index (χ4n) is 3.47. The SMILES string of the molecule is CCCCc1ccc(S(=O)(=O)Nc2ccc(OC)c3c2OC[C@H](N(C)C)C3)cc1. The lowest BCUT2D eigenvalue weighted by Crippen LogP contribution is -2.38. The van der Waals surface area contributed by atoms with Gasteiger partial charge in [-0.05, 0) is 63.2 Å². The summed E-state index contributed by atoms with van der Waals surface area (Å²) in [6.07, 6.45) is 3.89. The maximum atomic E-state index is 12.9. The molecule has 0 saturated carbocycles. The Bertz CT molecular complexity index is 940. The Kier molecular flexibility index (Phi) is 6.70. The zero-order valence-corrected chi connectivity index (χ0v) is 18.4. The molecule has 7 heteroatoms. The van der Waals surface area contributed by atoms with Crippen LogP contribution in [0.15, 0.2) is 41.3 Å². The van der Waals surface area contributed by atoms with Gasteiger partial charge in [0, 0.05) is 11.6 Å². The van der Waals surface area contributed by atoms with Gasteiger partial charge in [0.15, 0.2) is 0 Å². The largest absolute Gasteiger partial charge is 0.496 e. The van der Waals surface area contributed by atoms with Gasteiger partial charge in [-0.1, -0.05) is 25.5 Å². The first-order valence-electron chi connectivity index (χ1n) is 9.96. The van der Waals surface area contributed by atoms with Gasteiger partial charge < -0.3 is 14.4 Å². The average Bonchev–Trinajstić information content (AvgIpc) is 2.72. The Balaban J connectivity index is 1.87. The smallest absolute Gasteiger partial charge is 0.262 e. The number of nitrogens with zero attached hydrogens (tertiary/aromatic N) is 1. The summed E-state index contributed by atoms with van der Waals surface area (Å²) >= 11 is 0. The molecule has 1 heterocycles. The molecular weight excluding hydrogens is 388 g/mol. The van der Waals surface area contributed by atoms with Crippen LogP contribution >= 0.6 is 0 Å². The van der Waals surface area contributed by atoms with Gasteiger partial charge in [-0.2, -0.15) is 0 Å². The Labute approximate surface area is 173 Å². The van der Waals surface area contributed by atoms with Crippen molar-refractivity contribution < 1.29 is 17.9 Å². The first-order valence-corrected chi connectivity index (χ1v) is 11.4. The number of nitrogens with one attached hydrogen (secondary N) is 1. The third kappa shape index (κ3) is 4.85. The second-order valence-corrected chi connectivity index (χ2v) is 9.29. The molecule has 1 aliphatic heterocycles.